The van der Waals surface area contributed by atoms with E-state index in [1.54, 1.807) is 13.1 Å². The van der Waals surface area contributed by atoms with Gasteiger partial charge in [-0.05, 0) is 26.2 Å². The largest absolute Gasteiger partial charge is 0.388 e. The Bertz CT molecular complexity index is 410. The quantitative estimate of drug-likeness (QED) is 0.719. The molecule has 0 aliphatic rings. The molecule has 0 aliphatic heterocycles. The monoisotopic (exact) mass is 286 g/mol. The molecule has 0 aromatic carbocycles. The molecule has 0 amide bonds. The van der Waals surface area contributed by atoms with E-state index in [4.69, 9.17) is 11.6 Å². The van der Waals surface area contributed by atoms with Crippen LogP contribution in [-0.2, 0) is 0 Å². The number of anilines is 2. The Morgan fingerprint density at radius 2 is 2.11 bits per heavy atom. The molecule has 108 valence electrons. The van der Waals surface area contributed by atoms with Crippen molar-refractivity contribution in [1.29, 1.82) is 0 Å². The molecule has 0 aliphatic carbocycles. The van der Waals surface area contributed by atoms with Crippen LogP contribution in [0.5, 0.6) is 0 Å². The normalized spacial score (nSPS) is 14.3. The summed E-state index contributed by atoms with van der Waals surface area (Å²) < 4.78 is 0. The average Bonchev–Trinajstić information content (AvgIpc) is 2.28. The molecular weight excluding hydrogens is 264 g/mol. The van der Waals surface area contributed by atoms with E-state index in [9.17, 15) is 5.11 Å². The van der Waals surface area contributed by atoms with Crippen molar-refractivity contribution in [2.24, 2.45) is 5.92 Å². The summed E-state index contributed by atoms with van der Waals surface area (Å²) in [5.41, 5.74) is -0.791. The Hall–Kier alpha value is -1.07. The fourth-order valence-electron chi connectivity index (χ4n) is 1.96. The van der Waals surface area contributed by atoms with Crippen molar-refractivity contribution in [3.8, 4) is 0 Å². The van der Waals surface area contributed by atoms with Crippen LogP contribution in [-0.4, -0.2) is 33.8 Å². The molecule has 0 saturated heterocycles. The van der Waals surface area contributed by atoms with Crippen molar-refractivity contribution in [1.82, 2.24) is 9.97 Å². The van der Waals surface area contributed by atoms with Crippen LogP contribution >= 0.6 is 11.6 Å². The number of aliphatic hydroxyl groups is 1. The molecule has 0 saturated carbocycles. The van der Waals surface area contributed by atoms with Gasteiger partial charge in [0, 0.05) is 13.1 Å². The lowest BCUT2D eigenvalue weighted by molar-refractivity contribution is 0.0515. The van der Waals surface area contributed by atoms with Crippen LogP contribution in [0.3, 0.4) is 0 Å². The van der Waals surface area contributed by atoms with Gasteiger partial charge in [-0.2, -0.15) is 4.98 Å². The molecule has 1 aromatic heterocycles. The van der Waals surface area contributed by atoms with Gasteiger partial charge in [-0.25, -0.2) is 4.98 Å². The standard InChI is InChI=1S/C13H23ClN4O/c1-5-15-12-16-7-10(14)11(18-12)17-8-13(4,19)6-9(2)3/h7,9,19H,5-6,8H2,1-4H3,(H2,15,16,17,18). The van der Waals surface area contributed by atoms with E-state index in [1.807, 2.05) is 6.92 Å². The highest BCUT2D eigenvalue weighted by molar-refractivity contribution is 6.32. The summed E-state index contributed by atoms with van der Waals surface area (Å²) in [4.78, 5) is 8.33. The second-order valence-corrected chi connectivity index (χ2v) is 5.78. The summed E-state index contributed by atoms with van der Waals surface area (Å²) >= 11 is 6.03. The zero-order valence-electron chi connectivity index (χ0n) is 12.0. The maximum atomic E-state index is 10.2. The van der Waals surface area contributed by atoms with Gasteiger partial charge in [-0.3, -0.25) is 0 Å². The molecule has 0 spiro atoms. The van der Waals surface area contributed by atoms with E-state index in [0.29, 0.717) is 35.7 Å². The van der Waals surface area contributed by atoms with E-state index in [0.717, 1.165) is 6.54 Å². The smallest absolute Gasteiger partial charge is 0.224 e. The summed E-state index contributed by atoms with van der Waals surface area (Å²) in [5.74, 6) is 1.49. The predicted molar refractivity (Wildman–Crippen MR) is 79.8 cm³/mol. The first-order valence-electron chi connectivity index (χ1n) is 6.56. The first-order valence-corrected chi connectivity index (χ1v) is 6.94. The first kappa shape index (κ1) is 16.0. The molecule has 0 radical (unpaired) electrons. The van der Waals surface area contributed by atoms with Gasteiger partial charge in [0.15, 0.2) is 5.82 Å². The molecule has 5 nitrogen and oxygen atoms in total. The molecular formula is C13H23ClN4O. The van der Waals surface area contributed by atoms with Crippen LogP contribution in [0.1, 0.15) is 34.1 Å². The average molecular weight is 287 g/mol. The molecule has 3 N–H and O–H groups in total. The number of nitrogens with zero attached hydrogens (tertiary/aromatic N) is 2. The maximum Gasteiger partial charge on any atom is 0.224 e. The molecule has 1 heterocycles. The van der Waals surface area contributed by atoms with Gasteiger partial charge in [0.1, 0.15) is 5.02 Å². The number of hydrogen-bond donors (Lipinski definition) is 3. The van der Waals surface area contributed by atoms with E-state index in [-0.39, 0.29) is 0 Å². The summed E-state index contributed by atoms with van der Waals surface area (Å²) in [5, 5.41) is 16.8. The zero-order chi connectivity index (χ0) is 14.5. The predicted octanol–water partition coefficient (Wildman–Crippen LogP) is 2.77. The van der Waals surface area contributed by atoms with Crippen molar-refractivity contribution in [3.63, 3.8) is 0 Å². The van der Waals surface area contributed by atoms with Gasteiger partial charge in [-0.1, -0.05) is 25.4 Å². The van der Waals surface area contributed by atoms with E-state index >= 15 is 0 Å². The highest BCUT2D eigenvalue weighted by atomic mass is 35.5. The van der Waals surface area contributed by atoms with Crippen LogP contribution in [0, 0.1) is 5.92 Å². The molecule has 0 bridgehead atoms. The van der Waals surface area contributed by atoms with Crippen molar-refractivity contribution in [3.05, 3.63) is 11.2 Å². The fraction of sp³-hybridized carbons (Fsp3) is 0.692. The van der Waals surface area contributed by atoms with Crippen molar-refractivity contribution < 1.29 is 5.11 Å². The zero-order valence-corrected chi connectivity index (χ0v) is 12.8. The van der Waals surface area contributed by atoms with Crippen molar-refractivity contribution in [2.45, 2.75) is 39.7 Å². The first-order chi connectivity index (χ1) is 8.84. The molecule has 1 unspecified atom stereocenters. The lowest BCUT2D eigenvalue weighted by Gasteiger charge is -2.26. The Morgan fingerprint density at radius 1 is 1.42 bits per heavy atom. The van der Waals surface area contributed by atoms with Crippen molar-refractivity contribution in [2.75, 3.05) is 23.7 Å². The topological polar surface area (TPSA) is 70.1 Å². The number of rotatable bonds is 7. The lowest BCUT2D eigenvalue weighted by Crippen LogP contribution is -2.35. The summed E-state index contributed by atoms with van der Waals surface area (Å²) in [6, 6.07) is 0. The van der Waals surface area contributed by atoms with Crippen LogP contribution in [0.2, 0.25) is 5.02 Å². The maximum absolute atomic E-state index is 10.2. The van der Waals surface area contributed by atoms with Crippen LogP contribution in [0.4, 0.5) is 11.8 Å². The van der Waals surface area contributed by atoms with Crippen LogP contribution < -0.4 is 10.6 Å². The van der Waals surface area contributed by atoms with Gasteiger partial charge in [0.2, 0.25) is 5.95 Å². The third-order valence-electron chi connectivity index (χ3n) is 2.56. The minimum Gasteiger partial charge on any atom is -0.388 e. The second kappa shape index (κ2) is 6.91. The lowest BCUT2D eigenvalue weighted by atomic mass is 9.94. The molecule has 6 heteroatoms. The Balaban J connectivity index is 2.68. The number of aromatic nitrogens is 2. The number of nitrogens with one attached hydrogen (secondary N) is 2. The highest BCUT2D eigenvalue weighted by Gasteiger charge is 2.22. The highest BCUT2D eigenvalue weighted by Crippen LogP contribution is 2.22. The van der Waals surface area contributed by atoms with Gasteiger partial charge in [0.05, 0.1) is 11.8 Å². The number of halogens is 1. The molecule has 1 rings (SSSR count). The van der Waals surface area contributed by atoms with E-state index < -0.39 is 5.60 Å². The minimum atomic E-state index is -0.791. The van der Waals surface area contributed by atoms with Gasteiger partial charge < -0.3 is 15.7 Å². The van der Waals surface area contributed by atoms with Crippen LogP contribution in [0.25, 0.3) is 0 Å². The molecule has 1 atom stereocenters. The van der Waals surface area contributed by atoms with Crippen molar-refractivity contribution >= 4 is 23.4 Å². The Labute approximate surface area is 119 Å². The molecule has 19 heavy (non-hydrogen) atoms. The summed E-state index contributed by atoms with van der Waals surface area (Å²) in [6.45, 7) is 9.07. The van der Waals surface area contributed by atoms with E-state index in [2.05, 4.69) is 34.4 Å². The Kier molecular flexibility index (Phi) is 5.82. The van der Waals surface area contributed by atoms with Gasteiger partial charge >= 0.3 is 0 Å². The molecule has 0 fully saturated rings. The van der Waals surface area contributed by atoms with Gasteiger partial charge in [0.25, 0.3) is 0 Å². The van der Waals surface area contributed by atoms with Crippen LogP contribution in [0.15, 0.2) is 6.20 Å². The summed E-state index contributed by atoms with van der Waals surface area (Å²) in [6.07, 6.45) is 2.26. The third-order valence-corrected chi connectivity index (χ3v) is 2.84. The fourth-order valence-corrected chi connectivity index (χ4v) is 2.12. The van der Waals surface area contributed by atoms with E-state index in [1.165, 1.54) is 0 Å². The SMILES string of the molecule is CCNc1ncc(Cl)c(NCC(C)(O)CC(C)C)n1. The minimum absolute atomic E-state index is 0.396. The second-order valence-electron chi connectivity index (χ2n) is 5.37. The summed E-state index contributed by atoms with van der Waals surface area (Å²) in [7, 11) is 0. The third kappa shape index (κ3) is 5.61. The van der Waals surface area contributed by atoms with Gasteiger partial charge in [-0.15, -0.1) is 0 Å². The number of hydrogen-bond acceptors (Lipinski definition) is 5. The Morgan fingerprint density at radius 3 is 2.68 bits per heavy atom. The molecule has 1 aromatic rings.